The molecule has 7 aromatic rings. The lowest BCUT2D eigenvalue weighted by Crippen LogP contribution is -2.48. The van der Waals surface area contributed by atoms with Gasteiger partial charge in [0.05, 0.1) is 11.4 Å². The first-order valence-electron chi connectivity index (χ1n) is 22.8. The average Bonchev–Trinajstić information content (AvgIpc) is 3.70. The minimum absolute atomic E-state index is 0.399. The number of oxazole rings is 1. The summed E-state index contributed by atoms with van der Waals surface area (Å²) < 4.78 is 6.24. The van der Waals surface area contributed by atoms with Crippen LogP contribution >= 0.6 is 0 Å². The van der Waals surface area contributed by atoms with Gasteiger partial charge in [-0.2, -0.15) is 0 Å². The van der Waals surface area contributed by atoms with Crippen molar-refractivity contribution in [1.29, 1.82) is 0 Å². The lowest BCUT2D eigenvalue weighted by atomic mass is 9.48. The summed E-state index contributed by atoms with van der Waals surface area (Å²) in [4.78, 5) is 10.2. The Morgan fingerprint density at radius 3 is 1.27 bits per heavy atom. The fourth-order valence-electron chi connectivity index (χ4n) is 14.6. The van der Waals surface area contributed by atoms with Gasteiger partial charge >= 0.3 is 0 Å². The Bertz CT molecular complexity index is 2530. The van der Waals surface area contributed by atoms with E-state index in [-0.39, 0.29) is 0 Å². The Morgan fingerprint density at radius 2 is 0.797 bits per heavy atom. The molecule has 8 fully saturated rings. The summed E-state index contributed by atoms with van der Waals surface area (Å²) >= 11 is 0. The molecular weight excluding hydrogens is 717 g/mol. The number of nitrogens with zero attached hydrogens (tertiary/aromatic N) is 2. The number of hydrogen-bond acceptors (Lipinski definition) is 3. The van der Waals surface area contributed by atoms with Gasteiger partial charge in [0.15, 0.2) is 5.58 Å². The van der Waals surface area contributed by atoms with Gasteiger partial charge < -0.3 is 4.42 Å². The molecule has 15 rings (SSSR count). The van der Waals surface area contributed by atoms with Crippen LogP contribution in [-0.4, -0.2) is 9.97 Å². The van der Waals surface area contributed by atoms with Gasteiger partial charge in [-0.25, -0.2) is 9.97 Å². The summed E-state index contributed by atoms with van der Waals surface area (Å²) in [6.45, 7) is 0. The van der Waals surface area contributed by atoms with Crippen LogP contribution in [0, 0.1) is 35.5 Å². The summed E-state index contributed by atoms with van der Waals surface area (Å²) in [6.07, 6.45) is 17.3. The van der Waals surface area contributed by atoms with Gasteiger partial charge in [0.25, 0.3) is 0 Å². The van der Waals surface area contributed by atoms with Crippen LogP contribution in [0.15, 0.2) is 138 Å². The number of benzene rings is 5. The number of pyridine rings is 1. The first-order chi connectivity index (χ1) is 29.0. The lowest BCUT2D eigenvalue weighted by molar-refractivity contribution is -0.00530. The van der Waals surface area contributed by atoms with Gasteiger partial charge in [-0.1, -0.05) is 97.1 Å². The summed E-state index contributed by atoms with van der Waals surface area (Å²) in [7, 11) is 0. The van der Waals surface area contributed by atoms with E-state index in [0.29, 0.717) is 16.7 Å². The zero-order valence-electron chi connectivity index (χ0n) is 34.0. The van der Waals surface area contributed by atoms with Crippen LogP contribution in [0.25, 0.3) is 67.3 Å². The predicted molar refractivity (Wildman–Crippen MR) is 239 cm³/mol. The molecule has 5 aromatic carbocycles. The molecule has 0 radical (unpaired) electrons. The molecule has 0 amide bonds. The van der Waals surface area contributed by atoms with Crippen LogP contribution in [-0.2, 0) is 10.8 Å². The molecule has 0 unspecified atom stereocenters. The molecule has 0 spiro atoms. The highest BCUT2D eigenvalue weighted by Crippen LogP contribution is 2.62. The number of hydrogen-bond donors (Lipinski definition) is 0. The second kappa shape index (κ2) is 13.1. The van der Waals surface area contributed by atoms with Crippen molar-refractivity contribution in [2.45, 2.75) is 87.9 Å². The number of rotatable bonds is 7. The first kappa shape index (κ1) is 34.6. The molecule has 0 atom stereocenters. The van der Waals surface area contributed by atoms with E-state index in [2.05, 4.69) is 103 Å². The predicted octanol–water partition coefficient (Wildman–Crippen LogP) is 14.5. The Kier molecular flexibility index (Phi) is 7.68. The van der Waals surface area contributed by atoms with Crippen LogP contribution in [0.5, 0.6) is 0 Å². The fraction of sp³-hybridized carbons (Fsp3) is 0.357. The third-order valence-electron chi connectivity index (χ3n) is 16.4. The van der Waals surface area contributed by atoms with E-state index >= 15 is 0 Å². The van der Waals surface area contributed by atoms with E-state index in [1.165, 1.54) is 99.3 Å². The zero-order chi connectivity index (χ0) is 38.7. The van der Waals surface area contributed by atoms with Crippen molar-refractivity contribution >= 4 is 11.1 Å². The third-order valence-corrected chi connectivity index (χ3v) is 16.4. The number of fused-ring (bicyclic) bond motifs is 1. The first-order valence-corrected chi connectivity index (χ1v) is 22.8. The molecule has 3 heteroatoms. The zero-order valence-corrected chi connectivity index (χ0v) is 34.0. The molecule has 8 bridgehead atoms. The second-order valence-corrected chi connectivity index (χ2v) is 20.3. The molecule has 8 aliphatic rings. The Morgan fingerprint density at radius 1 is 0.373 bits per heavy atom. The second-order valence-electron chi connectivity index (χ2n) is 20.3. The van der Waals surface area contributed by atoms with Crippen LogP contribution in [0.4, 0.5) is 0 Å². The van der Waals surface area contributed by atoms with Crippen molar-refractivity contribution in [1.82, 2.24) is 9.97 Å². The van der Waals surface area contributed by atoms with E-state index in [1.807, 2.05) is 30.3 Å². The third kappa shape index (κ3) is 5.89. The largest absolute Gasteiger partial charge is 0.436 e. The highest BCUT2D eigenvalue weighted by Gasteiger charge is 2.52. The molecule has 2 heterocycles. The van der Waals surface area contributed by atoms with E-state index in [1.54, 1.807) is 11.1 Å². The standard InChI is InChI=1S/C56H52N2O/c1-2-4-45(5-3-1)54-58-50-19-14-46(28-53(50)59-54)41-6-8-42(9-7-41)47-26-51(43-10-15-48(16-11-43)55-29-35-20-36(30-55)22-37(21-35)31-55)57-52(27-47)44-12-17-49(18-13-44)56-32-38-23-39(33-56)25-40(24-38)34-56/h1-19,26-28,35-40H,20-25,29-34H2. The normalized spacial score (nSPS) is 30.0. The van der Waals surface area contributed by atoms with Crippen molar-refractivity contribution in [3.05, 3.63) is 145 Å². The topological polar surface area (TPSA) is 38.9 Å². The van der Waals surface area contributed by atoms with Crippen molar-refractivity contribution in [2.75, 3.05) is 0 Å². The molecule has 3 nitrogen and oxygen atoms in total. The van der Waals surface area contributed by atoms with Gasteiger partial charge in [-0.15, -0.1) is 0 Å². The maximum absolute atomic E-state index is 6.24. The molecule has 0 saturated heterocycles. The van der Waals surface area contributed by atoms with Crippen LogP contribution < -0.4 is 0 Å². The minimum atomic E-state index is 0.399. The van der Waals surface area contributed by atoms with E-state index in [0.717, 1.165) is 74.7 Å². The SMILES string of the molecule is c1ccc(-c2nc3ccc(-c4ccc(-c5cc(-c6ccc(C78CC9CC(CC(C9)C7)C8)cc6)nc(-c6ccc(C78CC9CC(CC(C9)C7)C8)cc6)c5)cc4)cc3o2)cc1. The average molecular weight is 769 g/mol. The monoisotopic (exact) mass is 768 g/mol. The minimum Gasteiger partial charge on any atom is -0.436 e. The molecular formula is C56H52N2O. The maximum atomic E-state index is 6.24. The highest BCUT2D eigenvalue weighted by atomic mass is 16.3. The summed E-state index contributed by atoms with van der Waals surface area (Å²) in [6, 6.07) is 49.5. The van der Waals surface area contributed by atoms with E-state index in [4.69, 9.17) is 14.4 Å². The van der Waals surface area contributed by atoms with Crippen LogP contribution in [0.1, 0.15) is 88.2 Å². The van der Waals surface area contributed by atoms with Gasteiger partial charge in [0, 0.05) is 16.7 Å². The van der Waals surface area contributed by atoms with Crippen molar-refractivity contribution in [3.63, 3.8) is 0 Å². The summed E-state index contributed by atoms with van der Waals surface area (Å²) in [5.74, 6) is 6.32. The van der Waals surface area contributed by atoms with Crippen LogP contribution in [0.2, 0.25) is 0 Å². The number of aromatic nitrogens is 2. The lowest BCUT2D eigenvalue weighted by Gasteiger charge is -2.57. The summed E-state index contributed by atoms with van der Waals surface area (Å²) in [5, 5.41) is 0. The Balaban J connectivity index is 0.844. The fourth-order valence-corrected chi connectivity index (χ4v) is 14.6. The van der Waals surface area contributed by atoms with Crippen LogP contribution in [0.3, 0.4) is 0 Å². The van der Waals surface area contributed by atoms with Gasteiger partial charge in [-0.3, -0.25) is 0 Å². The maximum Gasteiger partial charge on any atom is 0.227 e. The smallest absolute Gasteiger partial charge is 0.227 e. The van der Waals surface area contributed by atoms with Gasteiger partial charge in [-0.05, 0) is 193 Å². The molecule has 2 aromatic heterocycles. The van der Waals surface area contributed by atoms with E-state index in [9.17, 15) is 0 Å². The molecule has 0 N–H and O–H groups in total. The van der Waals surface area contributed by atoms with E-state index < -0.39 is 0 Å². The van der Waals surface area contributed by atoms with Crippen molar-refractivity contribution in [3.8, 4) is 56.2 Å². The van der Waals surface area contributed by atoms with Crippen molar-refractivity contribution in [2.24, 2.45) is 35.5 Å². The molecule has 59 heavy (non-hydrogen) atoms. The molecule has 292 valence electrons. The van der Waals surface area contributed by atoms with Gasteiger partial charge in [0.1, 0.15) is 5.52 Å². The summed E-state index contributed by atoms with van der Waals surface area (Å²) in [5.41, 5.74) is 15.8. The Labute approximate surface area is 348 Å². The molecule has 0 aliphatic heterocycles. The highest BCUT2D eigenvalue weighted by molar-refractivity contribution is 5.83. The molecule has 8 aliphatic carbocycles. The molecule has 8 saturated carbocycles. The van der Waals surface area contributed by atoms with Crippen molar-refractivity contribution < 1.29 is 4.42 Å². The quantitative estimate of drug-likeness (QED) is 0.162. The van der Waals surface area contributed by atoms with Gasteiger partial charge in [0.2, 0.25) is 5.89 Å². The Hall–Kier alpha value is -5.28.